The van der Waals surface area contributed by atoms with Crippen LogP contribution in [0.4, 0.5) is 0 Å². The molecule has 0 radical (unpaired) electrons. The highest BCUT2D eigenvalue weighted by molar-refractivity contribution is 8.15. The molecule has 2 heterocycles. The van der Waals surface area contributed by atoms with Crippen molar-refractivity contribution in [1.82, 2.24) is 4.90 Å². The first-order chi connectivity index (χ1) is 12.6. The summed E-state index contributed by atoms with van der Waals surface area (Å²) in [6, 6.07) is 6.90. The molecule has 1 amide bonds. The summed E-state index contributed by atoms with van der Waals surface area (Å²) in [7, 11) is 1.59. The smallest absolute Gasteiger partial charge is 0.338 e. The van der Waals surface area contributed by atoms with Gasteiger partial charge in [-0.15, -0.1) is 0 Å². The van der Waals surface area contributed by atoms with Crippen molar-refractivity contribution in [3.8, 4) is 5.75 Å². The lowest BCUT2D eigenvalue weighted by Gasteiger charge is -2.33. The number of amides is 1. The molecule has 0 spiro atoms. The second-order valence-electron chi connectivity index (χ2n) is 5.96. The molecule has 26 heavy (non-hydrogen) atoms. The Hall–Kier alpha value is -2.28. The number of esters is 1. The predicted octanol–water partition coefficient (Wildman–Crippen LogP) is 3.30. The number of thioether (sulfide) groups is 1. The number of fused-ring (bicyclic) bond motifs is 1. The van der Waals surface area contributed by atoms with E-state index in [1.807, 2.05) is 31.2 Å². The van der Waals surface area contributed by atoms with Gasteiger partial charge in [0.2, 0.25) is 5.91 Å². The molecule has 1 atom stereocenters. The van der Waals surface area contributed by atoms with Crippen LogP contribution in [-0.2, 0) is 14.3 Å². The van der Waals surface area contributed by atoms with E-state index in [1.165, 1.54) is 11.8 Å². The third kappa shape index (κ3) is 3.35. The summed E-state index contributed by atoms with van der Waals surface area (Å²) in [5.74, 6) is 0.524. The van der Waals surface area contributed by atoms with Crippen molar-refractivity contribution in [3.05, 3.63) is 41.1 Å². The van der Waals surface area contributed by atoms with Crippen molar-refractivity contribution in [3.63, 3.8) is 0 Å². The van der Waals surface area contributed by atoms with Gasteiger partial charge in [0.15, 0.2) is 5.17 Å². The number of aliphatic imine (C=N–C) groups is 1. The van der Waals surface area contributed by atoms with Gasteiger partial charge in [0.1, 0.15) is 5.75 Å². The molecule has 1 aromatic carbocycles. The molecule has 1 fully saturated rings. The van der Waals surface area contributed by atoms with Gasteiger partial charge < -0.3 is 9.47 Å². The zero-order valence-electron chi connectivity index (χ0n) is 15.2. The van der Waals surface area contributed by atoms with Crippen molar-refractivity contribution < 1.29 is 19.1 Å². The Balaban J connectivity index is 2.18. The largest absolute Gasteiger partial charge is 0.497 e. The minimum absolute atomic E-state index is 0.0566. The average molecular weight is 374 g/mol. The summed E-state index contributed by atoms with van der Waals surface area (Å²) in [6.07, 6.45) is 1.50. The van der Waals surface area contributed by atoms with Gasteiger partial charge in [-0.25, -0.2) is 9.79 Å². The zero-order valence-corrected chi connectivity index (χ0v) is 16.0. The van der Waals surface area contributed by atoms with E-state index in [0.717, 1.165) is 12.0 Å². The minimum Gasteiger partial charge on any atom is -0.497 e. The van der Waals surface area contributed by atoms with Crippen molar-refractivity contribution in [2.75, 3.05) is 19.5 Å². The van der Waals surface area contributed by atoms with Gasteiger partial charge in [0, 0.05) is 0 Å². The fourth-order valence-corrected chi connectivity index (χ4v) is 4.08. The van der Waals surface area contributed by atoms with Crippen LogP contribution < -0.4 is 4.74 Å². The average Bonchev–Trinajstić information content (AvgIpc) is 3.01. The standard InChI is InChI=1S/C19H22N2O4S/c1-4-7-14-16(18(23)25-5-2)17(12-8-6-9-13(10-12)24-3)21-15(22)11-26-19(21)20-14/h6,8-10,17H,4-5,7,11H2,1-3H3. The molecule has 0 bridgehead atoms. The first kappa shape index (κ1) is 18.5. The number of carbonyl (C=O) groups excluding carboxylic acids is 2. The Kier molecular flexibility index (Phi) is 5.66. The monoisotopic (exact) mass is 374 g/mol. The van der Waals surface area contributed by atoms with E-state index in [2.05, 4.69) is 4.99 Å². The Bertz CT molecular complexity index is 787. The van der Waals surface area contributed by atoms with Gasteiger partial charge in [0.05, 0.1) is 36.8 Å². The van der Waals surface area contributed by atoms with Crippen LogP contribution in [0.3, 0.4) is 0 Å². The fourth-order valence-electron chi connectivity index (χ4n) is 3.17. The zero-order chi connectivity index (χ0) is 18.7. The molecule has 0 N–H and O–H groups in total. The van der Waals surface area contributed by atoms with E-state index in [4.69, 9.17) is 9.47 Å². The maximum absolute atomic E-state index is 12.8. The molecule has 7 heteroatoms. The summed E-state index contributed by atoms with van der Waals surface area (Å²) in [5.41, 5.74) is 1.96. The highest BCUT2D eigenvalue weighted by atomic mass is 32.2. The highest BCUT2D eigenvalue weighted by Crippen LogP contribution is 2.42. The molecule has 1 unspecified atom stereocenters. The molecule has 2 aliphatic heterocycles. The maximum Gasteiger partial charge on any atom is 0.338 e. The van der Waals surface area contributed by atoms with E-state index in [1.54, 1.807) is 18.9 Å². The Morgan fingerprint density at radius 3 is 2.88 bits per heavy atom. The molecule has 6 nitrogen and oxygen atoms in total. The molecular formula is C19H22N2O4S. The Morgan fingerprint density at radius 2 is 2.19 bits per heavy atom. The lowest BCUT2D eigenvalue weighted by atomic mass is 9.93. The van der Waals surface area contributed by atoms with Crippen LogP contribution in [0.15, 0.2) is 40.5 Å². The number of carbonyl (C=O) groups is 2. The fraction of sp³-hybridized carbons (Fsp3) is 0.421. The number of benzene rings is 1. The van der Waals surface area contributed by atoms with Crippen molar-refractivity contribution in [1.29, 1.82) is 0 Å². The van der Waals surface area contributed by atoms with Gasteiger partial charge in [-0.1, -0.05) is 37.2 Å². The van der Waals surface area contributed by atoms with Crippen LogP contribution in [0.25, 0.3) is 0 Å². The molecule has 1 aromatic rings. The molecule has 138 valence electrons. The quantitative estimate of drug-likeness (QED) is 0.715. The summed E-state index contributed by atoms with van der Waals surface area (Å²) >= 11 is 1.41. The van der Waals surface area contributed by atoms with Gasteiger partial charge in [-0.2, -0.15) is 0 Å². The van der Waals surface area contributed by atoms with Crippen molar-refractivity contribution >= 4 is 28.8 Å². The third-order valence-corrected chi connectivity index (χ3v) is 5.20. The molecule has 1 saturated heterocycles. The van der Waals surface area contributed by atoms with Gasteiger partial charge >= 0.3 is 5.97 Å². The van der Waals surface area contributed by atoms with Crippen LogP contribution in [-0.4, -0.2) is 41.4 Å². The molecule has 3 rings (SSSR count). The van der Waals surface area contributed by atoms with Gasteiger partial charge in [-0.05, 0) is 31.0 Å². The number of rotatable bonds is 6. The number of allylic oxidation sites excluding steroid dienone is 1. The summed E-state index contributed by atoms with van der Waals surface area (Å²) < 4.78 is 10.6. The topological polar surface area (TPSA) is 68.2 Å². The third-order valence-electron chi connectivity index (χ3n) is 4.26. The van der Waals surface area contributed by atoms with Crippen molar-refractivity contribution in [2.45, 2.75) is 32.7 Å². The van der Waals surface area contributed by atoms with Crippen LogP contribution in [0.1, 0.15) is 38.3 Å². The first-order valence-electron chi connectivity index (χ1n) is 8.68. The number of hydrogen-bond acceptors (Lipinski definition) is 6. The summed E-state index contributed by atoms with van der Waals surface area (Å²) in [6.45, 7) is 4.08. The first-order valence-corrected chi connectivity index (χ1v) is 9.66. The molecule has 0 saturated carbocycles. The lowest BCUT2D eigenvalue weighted by Crippen LogP contribution is -2.40. The highest BCUT2D eigenvalue weighted by Gasteiger charge is 2.43. The number of hydrogen-bond donors (Lipinski definition) is 0. The van der Waals surface area contributed by atoms with Crippen LogP contribution in [0.5, 0.6) is 5.75 Å². The minimum atomic E-state index is -0.541. The van der Waals surface area contributed by atoms with Crippen molar-refractivity contribution in [2.24, 2.45) is 4.99 Å². The van der Waals surface area contributed by atoms with Gasteiger partial charge in [-0.3, -0.25) is 9.69 Å². The summed E-state index contributed by atoms with van der Waals surface area (Å²) in [4.78, 5) is 31.6. The van der Waals surface area contributed by atoms with Crippen LogP contribution in [0.2, 0.25) is 0 Å². The van der Waals surface area contributed by atoms with E-state index in [9.17, 15) is 9.59 Å². The van der Waals surface area contributed by atoms with E-state index >= 15 is 0 Å². The van der Waals surface area contributed by atoms with E-state index < -0.39 is 12.0 Å². The van der Waals surface area contributed by atoms with E-state index in [-0.39, 0.29) is 12.5 Å². The Morgan fingerprint density at radius 1 is 1.38 bits per heavy atom. The number of amidine groups is 1. The second-order valence-corrected chi connectivity index (χ2v) is 6.90. The number of nitrogens with zero attached hydrogens (tertiary/aromatic N) is 2. The second kappa shape index (κ2) is 7.95. The van der Waals surface area contributed by atoms with Crippen LogP contribution >= 0.6 is 11.8 Å². The molecular weight excluding hydrogens is 352 g/mol. The normalized spacial score (nSPS) is 19.3. The lowest BCUT2D eigenvalue weighted by molar-refractivity contribution is -0.139. The predicted molar refractivity (Wildman–Crippen MR) is 101 cm³/mol. The SMILES string of the molecule is CCCC1=C(C(=O)OCC)C(c2cccc(OC)c2)N2C(=O)CSC2=N1. The van der Waals surface area contributed by atoms with Crippen LogP contribution in [0, 0.1) is 0 Å². The molecule has 0 aliphatic carbocycles. The van der Waals surface area contributed by atoms with E-state index in [0.29, 0.717) is 34.4 Å². The summed E-state index contributed by atoms with van der Waals surface area (Å²) in [5, 5.41) is 0.652. The number of methoxy groups -OCH3 is 1. The Labute approximate surface area is 157 Å². The molecule has 2 aliphatic rings. The molecule has 0 aromatic heterocycles. The maximum atomic E-state index is 12.8. The number of ether oxygens (including phenoxy) is 2. The van der Waals surface area contributed by atoms with Gasteiger partial charge in [0.25, 0.3) is 0 Å².